The van der Waals surface area contributed by atoms with E-state index in [9.17, 15) is 0 Å². The van der Waals surface area contributed by atoms with Crippen LogP contribution in [-0.4, -0.2) is 18.7 Å². The second-order valence-electron chi connectivity index (χ2n) is 5.59. The predicted octanol–water partition coefficient (Wildman–Crippen LogP) is 5.58. The first-order chi connectivity index (χ1) is 10.7. The minimum Gasteiger partial charge on any atom is -0.476 e. The van der Waals surface area contributed by atoms with Crippen molar-refractivity contribution in [2.24, 2.45) is 0 Å². The summed E-state index contributed by atoms with van der Waals surface area (Å²) in [4.78, 5) is 2.36. The van der Waals surface area contributed by atoms with Gasteiger partial charge in [-0.25, -0.2) is 0 Å². The molecule has 0 heterocycles. The molecule has 2 nitrogen and oxygen atoms in total. The van der Waals surface area contributed by atoms with Crippen LogP contribution in [0.5, 0.6) is 5.75 Å². The first kappa shape index (κ1) is 16.8. The van der Waals surface area contributed by atoms with Crippen molar-refractivity contribution in [3.8, 4) is 16.9 Å². The smallest absolute Gasteiger partial charge is 0.130 e. The van der Waals surface area contributed by atoms with Crippen LogP contribution < -0.4 is 9.42 Å². The van der Waals surface area contributed by atoms with Crippen LogP contribution in [0.15, 0.2) is 48.5 Å². The van der Waals surface area contributed by atoms with Gasteiger partial charge in [0.25, 0.3) is 0 Å². The lowest BCUT2D eigenvalue weighted by molar-refractivity contribution is 0.624. The van der Waals surface area contributed by atoms with Gasteiger partial charge in [0.1, 0.15) is 5.75 Å². The fourth-order valence-corrected chi connectivity index (χ4v) is 2.96. The first-order valence-electron chi connectivity index (χ1n) is 8.02. The molecule has 2 rings (SSSR count). The fraction of sp³-hybridized carbons (Fsp3) is 0.368. The molecular formula is C19H26NOP. The van der Waals surface area contributed by atoms with Crippen LogP contribution in [0.3, 0.4) is 0 Å². The van der Waals surface area contributed by atoms with Gasteiger partial charge in [0.15, 0.2) is 0 Å². The summed E-state index contributed by atoms with van der Waals surface area (Å²) in [5.41, 5.74) is 4.19. The van der Waals surface area contributed by atoms with E-state index < -0.39 is 0 Å². The normalized spacial score (nSPS) is 11.3. The molecule has 22 heavy (non-hydrogen) atoms. The molecule has 0 N–H and O–H groups in total. The van der Waals surface area contributed by atoms with Crippen molar-refractivity contribution >= 4 is 14.5 Å². The summed E-state index contributed by atoms with van der Waals surface area (Å²) in [6.45, 7) is 10.8. The van der Waals surface area contributed by atoms with Gasteiger partial charge in [-0.05, 0) is 37.6 Å². The number of benzene rings is 2. The Bertz CT molecular complexity index is 579. The van der Waals surface area contributed by atoms with Crippen LogP contribution in [0.2, 0.25) is 0 Å². The lowest BCUT2D eigenvalue weighted by Crippen LogP contribution is -2.21. The van der Waals surface area contributed by atoms with E-state index >= 15 is 0 Å². The summed E-state index contributed by atoms with van der Waals surface area (Å²) < 4.78 is 6.06. The summed E-state index contributed by atoms with van der Waals surface area (Å²) in [6, 6.07) is 17.0. The Morgan fingerprint density at radius 3 is 2.27 bits per heavy atom. The molecule has 0 fully saturated rings. The highest BCUT2D eigenvalue weighted by molar-refractivity contribution is 7.33. The van der Waals surface area contributed by atoms with Gasteiger partial charge in [0.05, 0.1) is 8.81 Å². The van der Waals surface area contributed by atoms with Gasteiger partial charge < -0.3 is 9.42 Å². The predicted molar refractivity (Wildman–Crippen MR) is 99.5 cm³/mol. The summed E-state index contributed by atoms with van der Waals surface area (Å²) >= 11 is 0. The van der Waals surface area contributed by atoms with E-state index in [1.54, 1.807) is 0 Å². The van der Waals surface area contributed by atoms with Gasteiger partial charge in [-0.1, -0.05) is 44.2 Å². The third kappa shape index (κ3) is 4.24. The second-order valence-corrected chi connectivity index (χ2v) is 7.19. The zero-order valence-corrected chi connectivity index (χ0v) is 15.0. The summed E-state index contributed by atoms with van der Waals surface area (Å²) in [7, 11) is 0.486. The number of hydrogen-bond acceptors (Lipinski definition) is 2. The zero-order valence-electron chi connectivity index (χ0n) is 14.0. The maximum absolute atomic E-state index is 6.06. The van der Waals surface area contributed by atoms with Crippen molar-refractivity contribution in [3.63, 3.8) is 0 Å². The van der Waals surface area contributed by atoms with Crippen molar-refractivity contribution in [2.75, 3.05) is 18.0 Å². The van der Waals surface area contributed by atoms with Crippen LogP contribution >= 0.6 is 8.81 Å². The largest absolute Gasteiger partial charge is 0.476 e. The highest BCUT2D eigenvalue weighted by atomic mass is 31.1. The Labute approximate surface area is 136 Å². The van der Waals surface area contributed by atoms with E-state index in [0.29, 0.717) is 14.5 Å². The molecular weight excluding hydrogens is 289 g/mol. The van der Waals surface area contributed by atoms with E-state index in [1.807, 2.05) is 6.07 Å². The Kier molecular flexibility index (Phi) is 6.27. The third-order valence-electron chi connectivity index (χ3n) is 3.58. The van der Waals surface area contributed by atoms with Crippen molar-refractivity contribution in [1.82, 2.24) is 0 Å². The van der Waals surface area contributed by atoms with Crippen molar-refractivity contribution in [3.05, 3.63) is 48.5 Å². The van der Waals surface area contributed by atoms with Gasteiger partial charge in [-0.3, -0.25) is 0 Å². The molecule has 0 aliphatic heterocycles. The summed E-state index contributed by atoms with van der Waals surface area (Å²) in [5.74, 6) is 0.981. The SMILES string of the molecule is CCN(CC)c1ccc(OPC(C)C)c(-c2ccccc2)c1. The van der Waals surface area contributed by atoms with Gasteiger partial charge in [-0.15, -0.1) is 0 Å². The Morgan fingerprint density at radius 1 is 1.00 bits per heavy atom. The fourth-order valence-electron chi connectivity index (χ4n) is 2.42. The minimum absolute atomic E-state index is 0.486. The number of hydrogen-bond donors (Lipinski definition) is 0. The molecule has 0 saturated heterocycles. The average molecular weight is 315 g/mol. The minimum atomic E-state index is 0.486. The molecule has 2 aromatic carbocycles. The molecule has 0 spiro atoms. The third-order valence-corrected chi connectivity index (χ3v) is 4.39. The summed E-state index contributed by atoms with van der Waals surface area (Å²) in [6.07, 6.45) is 0. The summed E-state index contributed by atoms with van der Waals surface area (Å²) in [5, 5.41) is 0. The highest BCUT2D eigenvalue weighted by Gasteiger charge is 2.11. The van der Waals surface area contributed by atoms with E-state index in [0.717, 1.165) is 18.8 Å². The molecule has 0 bridgehead atoms. The first-order valence-corrected chi connectivity index (χ1v) is 9.01. The zero-order chi connectivity index (χ0) is 15.9. The molecule has 1 atom stereocenters. The topological polar surface area (TPSA) is 12.5 Å². The Balaban J connectivity index is 2.41. The van der Waals surface area contributed by atoms with Gasteiger partial charge >= 0.3 is 0 Å². The van der Waals surface area contributed by atoms with Gasteiger partial charge in [0, 0.05) is 30.0 Å². The molecule has 0 aliphatic rings. The van der Waals surface area contributed by atoms with Crippen LogP contribution in [0, 0.1) is 0 Å². The number of rotatable bonds is 7. The molecule has 2 aromatic rings. The average Bonchev–Trinajstić information content (AvgIpc) is 2.55. The molecule has 0 amide bonds. The highest BCUT2D eigenvalue weighted by Crippen LogP contribution is 2.37. The molecule has 0 aromatic heterocycles. The molecule has 0 aliphatic carbocycles. The lowest BCUT2D eigenvalue weighted by Gasteiger charge is -2.23. The van der Waals surface area contributed by atoms with Crippen LogP contribution in [0.4, 0.5) is 5.69 Å². The molecule has 1 unspecified atom stereocenters. The van der Waals surface area contributed by atoms with E-state index in [4.69, 9.17) is 4.52 Å². The van der Waals surface area contributed by atoms with Gasteiger partial charge in [0.2, 0.25) is 0 Å². The number of anilines is 1. The van der Waals surface area contributed by atoms with Crippen LogP contribution in [0.25, 0.3) is 11.1 Å². The quantitative estimate of drug-likeness (QED) is 0.618. The van der Waals surface area contributed by atoms with E-state index in [1.165, 1.54) is 16.8 Å². The van der Waals surface area contributed by atoms with Crippen molar-refractivity contribution in [2.45, 2.75) is 33.4 Å². The number of nitrogens with zero attached hydrogens (tertiary/aromatic N) is 1. The van der Waals surface area contributed by atoms with Crippen LogP contribution in [-0.2, 0) is 0 Å². The van der Waals surface area contributed by atoms with Crippen molar-refractivity contribution in [1.29, 1.82) is 0 Å². The van der Waals surface area contributed by atoms with E-state index in [-0.39, 0.29) is 0 Å². The van der Waals surface area contributed by atoms with Crippen molar-refractivity contribution < 1.29 is 4.52 Å². The monoisotopic (exact) mass is 315 g/mol. The molecule has 3 heteroatoms. The Morgan fingerprint density at radius 2 is 1.68 bits per heavy atom. The maximum Gasteiger partial charge on any atom is 0.130 e. The van der Waals surface area contributed by atoms with Gasteiger partial charge in [-0.2, -0.15) is 0 Å². The second kappa shape index (κ2) is 8.19. The Hall–Kier alpha value is -1.53. The molecule has 0 radical (unpaired) electrons. The lowest BCUT2D eigenvalue weighted by atomic mass is 10.0. The molecule has 118 valence electrons. The maximum atomic E-state index is 6.06. The van der Waals surface area contributed by atoms with Crippen LogP contribution in [0.1, 0.15) is 27.7 Å². The molecule has 0 saturated carbocycles. The standard InChI is InChI=1S/C19H26NOP/c1-5-20(6-2)17-12-13-19(21-22-15(3)4)18(14-17)16-10-8-7-9-11-16/h7-15,22H,5-6H2,1-4H3. The van der Waals surface area contributed by atoms with E-state index in [2.05, 4.69) is 75.1 Å².